The summed E-state index contributed by atoms with van der Waals surface area (Å²) in [6.45, 7) is 5.29. The molecule has 0 radical (unpaired) electrons. The van der Waals surface area contributed by atoms with Gasteiger partial charge in [0, 0.05) is 19.1 Å². The molecular formula is C10H23ClN2O3S. The Balaban J connectivity index is 0.00000256. The van der Waals surface area contributed by atoms with Gasteiger partial charge in [-0.15, -0.1) is 12.4 Å². The van der Waals surface area contributed by atoms with Crippen LogP contribution in [0.25, 0.3) is 0 Å². The highest BCUT2D eigenvalue weighted by Crippen LogP contribution is 2.13. The first-order valence-corrected chi connectivity index (χ1v) is 7.33. The summed E-state index contributed by atoms with van der Waals surface area (Å²) >= 11 is 0. The minimum absolute atomic E-state index is 0. The first kappa shape index (κ1) is 17.1. The van der Waals surface area contributed by atoms with Crippen LogP contribution >= 0.6 is 12.4 Å². The molecule has 0 bridgehead atoms. The summed E-state index contributed by atoms with van der Waals surface area (Å²) in [5.74, 6) is 0.0849. The van der Waals surface area contributed by atoms with E-state index in [1.54, 1.807) is 4.31 Å². The van der Waals surface area contributed by atoms with Gasteiger partial charge in [0.15, 0.2) is 0 Å². The van der Waals surface area contributed by atoms with Crippen LogP contribution in [0, 0.1) is 0 Å². The number of likely N-dealkylation sites (N-methyl/N-ethyl adjacent to an activating group) is 1. The molecule has 7 heteroatoms. The number of halogens is 1. The number of hydrogen-bond acceptors (Lipinski definition) is 4. The van der Waals surface area contributed by atoms with E-state index in [4.69, 9.17) is 4.74 Å². The molecule has 1 N–H and O–H groups in total. The zero-order chi connectivity index (χ0) is 12.2. The van der Waals surface area contributed by atoms with E-state index in [0.29, 0.717) is 19.1 Å². The molecular weight excluding hydrogens is 264 g/mol. The summed E-state index contributed by atoms with van der Waals surface area (Å²) in [5.41, 5.74) is 0. The molecule has 1 fully saturated rings. The molecule has 1 saturated heterocycles. The maximum atomic E-state index is 11.9. The van der Waals surface area contributed by atoms with Crippen molar-refractivity contribution in [1.82, 2.24) is 9.62 Å². The second-order valence-corrected chi connectivity index (χ2v) is 6.46. The van der Waals surface area contributed by atoms with Crippen molar-refractivity contribution in [3.05, 3.63) is 0 Å². The fourth-order valence-corrected chi connectivity index (χ4v) is 3.09. The van der Waals surface area contributed by atoms with Gasteiger partial charge in [0.25, 0.3) is 0 Å². The van der Waals surface area contributed by atoms with Gasteiger partial charge >= 0.3 is 0 Å². The van der Waals surface area contributed by atoms with E-state index in [-0.39, 0.29) is 30.9 Å². The van der Waals surface area contributed by atoms with Crippen molar-refractivity contribution in [2.75, 3.05) is 32.5 Å². The van der Waals surface area contributed by atoms with Gasteiger partial charge in [-0.05, 0) is 27.3 Å². The van der Waals surface area contributed by atoms with E-state index in [0.717, 1.165) is 6.42 Å². The molecule has 1 aliphatic rings. The van der Waals surface area contributed by atoms with Crippen LogP contribution in [0.15, 0.2) is 0 Å². The molecule has 0 amide bonds. The van der Waals surface area contributed by atoms with E-state index >= 15 is 0 Å². The Morgan fingerprint density at radius 1 is 1.47 bits per heavy atom. The molecule has 0 aromatic rings. The van der Waals surface area contributed by atoms with E-state index in [9.17, 15) is 8.42 Å². The van der Waals surface area contributed by atoms with Crippen LogP contribution in [-0.4, -0.2) is 57.4 Å². The summed E-state index contributed by atoms with van der Waals surface area (Å²) in [6, 6.07) is 0.292. The Hall–Kier alpha value is 0.120. The molecule has 0 spiro atoms. The Bertz CT molecular complexity index is 309. The van der Waals surface area contributed by atoms with Gasteiger partial charge < -0.3 is 10.1 Å². The van der Waals surface area contributed by atoms with Crippen molar-refractivity contribution in [3.63, 3.8) is 0 Å². The van der Waals surface area contributed by atoms with Crippen molar-refractivity contribution in [3.8, 4) is 0 Å². The monoisotopic (exact) mass is 286 g/mol. The fraction of sp³-hybridized carbons (Fsp3) is 1.00. The van der Waals surface area contributed by atoms with Crippen molar-refractivity contribution in [2.45, 2.75) is 32.4 Å². The number of sulfonamides is 1. The normalized spacial score (nSPS) is 21.8. The van der Waals surface area contributed by atoms with Gasteiger partial charge in [0.2, 0.25) is 10.0 Å². The minimum atomic E-state index is -3.13. The third-order valence-corrected chi connectivity index (χ3v) is 4.55. The lowest BCUT2D eigenvalue weighted by Crippen LogP contribution is -2.35. The first-order chi connectivity index (χ1) is 7.45. The molecule has 5 nitrogen and oxygen atoms in total. The number of hydrogen-bond donors (Lipinski definition) is 1. The topological polar surface area (TPSA) is 58.6 Å². The van der Waals surface area contributed by atoms with E-state index in [1.807, 2.05) is 20.9 Å². The molecule has 0 aliphatic carbocycles. The number of ether oxygens (including phenoxy) is 1. The molecule has 1 aliphatic heterocycles. The van der Waals surface area contributed by atoms with E-state index in [2.05, 4.69) is 5.32 Å². The molecule has 1 unspecified atom stereocenters. The smallest absolute Gasteiger partial charge is 0.216 e. The number of rotatable bonds is 6. The molecule has 0 saturated carbocycles. The SMILES string of the molecule is CNC1CCN(S(=O)(=O)CCOC(C)C)C1.Cl. The molecule has 0 aromatic carbocycles. The van der Waals surface area contributed by atoms with Crippen molar-refractivity contribution in [2.24, 2.45) is 0 Å². The second kappa shape index (κ2) is 7.53. The van der Waals surface area contributed by atoms with Gasteiger partial charge in [0.05, 0.1) is 18.5 Å². The van der Waals surface area contributed by atoms with Crippen LogP contribution < -0.4 is 5.32 Å². The highest BCUT2D eigenvalue weighted by molar-refractivity contribution is 7.89. The third kappa shape index (κ3) is 5.52. The Labute approximate surface area is 110 Å². The fourth-order valence-electron chi connectivity index (χ4n) is 1.73. The molecule has 17 heavy (non-hydrogen) atoms. The van der Waals surface area contributed by atoms with Gasteiger partial charge in [-0.3, -0.25) is 0 Å². The second-order valence-electron chi connectivity index (χ2n) is 4.37. The summed E-state index contributed by atoms with van der Waals surface area (Å²) in [6.07, 6.45) is 0.972. The lowest BCUT2D eigenvalue weighted by molar-refractivity contribution is 0.0907. The standard InChI is InChI=1S/C10H22N2O3S.ClH/c1-9(2)15-6-7-16(13,14)12-5-4-10(8-12)11-3;/h9-11H,4-8H2,1-3H3;1H. The predicted molar refractivity (Wildman–Crippen MR) is 71.2 cm³/mol. The van der Waals surface area contributed by atoms with Gasteiger partial charge in [-0.2, -0.15) is 0 Å². The molecule has 104 valence electrons. The highest BCUT2D eigenvalue weighted by Gasteiger charge is 2.30. The molecule has 1 atom stereocenters. The quantitative estimate of drug-likeness (QED) is 0.771. The maximum absolute atomic E-state index is 11.9. The Kier molecular flexibility index (Phi) is 7.58. The summed E-state index contributed by atoms with van der Waals surface area (Å²) in [5, 5.41) is 3.10. The maximum Gasteiger partial charge on any atom is 0.216 e. The highest BCUT2D eigenvalue weighted by atomic mass is 35.5. The summed E-state index contributed by atoms with van der Waals surface area (Å²) in [7, 11) is -1.27. The summed E-state index contributed by atoms with van der Waals surface area (Å²) < 4.78 is 30.6. The largest absolute Gasteiger partial charge is 0.378 e. The van der Waals surface area contributed by atoms with Crippen LogP contribution in [0.1, 0.15) is 20.3 Å². The summed E-state index contributed by atoms with van der Waals surface area (Å²) in [4.78, 5) is 0. The van der Waals surface area contributed by atoms with Gasteiger partial charge in [0.1, 0.15) is 0 Å². The Morgan fingerprint density at radius 3 is 2.59 bits per heavy atom. The van der Waals surface area contributed by atoms with Gasteiger partial charge in [-0.1, -0.05) is 0 Å². The molecule has 1 heterocycles. The van der Waals surface area contributed by atoms with Crippen LogP contribution in [0.3, 0.4) is 0 Å². The average molecular weight is 287 g/mol. The van der Waals surface area contributed by atoms with Gasteiger partial charge in [-0.25, -0.2) is 12.7 Å². The van der Waals surface area contributed by atoms with Crippen molar-refractivity contribution in [1.29, 1.82) is 0 Å². The Morgan fingerprint density at radius 2 is 2.12 bits per heavy atom. The average Bonchev–Trinajstić information content (AvgIpc) is 2.65. The number of nitrogens with one attached hydrogen (secondary N) is 1. The van der Waals surface area contributed by atoms with Crippen molar-refractivity contribution < 1.29 is 13.2 Å². The lowest BCUT2D eigenvalue weighted by Gasteiger charge is -2.17. The first-order valence-electron chi connectivity index (χ1n) is 5.72. The zero-order valence-electron chi connectivity index (χ0n) is 10.7. The van der Waals surface area contributed by atoms with Crippen molar-refractivity contribution >= 4 is 22.4 Å². The number of nitrogens with zero attached hydrogens (tertiary/aromatic N) is 1. The van der Waals surface area contributed by atoms with E-state index in [1.165, 1.54) is 0 Å². The van der Waals surface area contributed by atoms with Crippen LogP contribution in [0.2, 0.25) is 0 Å². The third-order valence-electron chi connectivity index (χ3n) is 2.75. The predicted octanol–water partition coefficient (Wildman–Crippen LogP) is 0.457. The molecule has 0 aromatic heterocycles. The van der Waals surface area contributed by atoms with Crippen LogP contribution in [0.5, 0.6) is 0 Å². The van der Waals surface area contributed by atoms with E-state index < -0.39 is 10.0 Å². The zero-order valence-corrected chi connectivity index (χ0v) is 12.3. The minimum Gasteiger partial charge on any atom is -0.378 e. The van der Waals surface area contributed by atoms with Crippen LogP contribution in [0.4, 0.5) is 0 Å². The molecule has 1 rings (SSSR count). The van der Waals surface area contributed by atoms with Crippen LogP contribution in [-0.2, 0) is 14.8 Å². The lowest BCUT2D eigenvalue weighted by atomic mass is 10.3.